The maximum absolute atomic E-state index is 12.4. The van der Waals surface area contributed by atoms with E-state index >= 15 is 0 Å². The number of hydrogen-bond donors (Lipinski definition) is 1. The number of imidazole rings is 1. The van der Waals surface area contributed by atoms with Crippen molar-refractivity contribution in [2.24, 2.45) is 0 Å². The summed E-state index contributed by atoms with van der Waals surface area (Å²) in [6, 6.07) is 0. The molecule has 104 valence electrons. The molecule has 18 heavy (non-hydrogen) atoms. The molecule has 0 atom stereocenters. The minimum atomic E-state index is -4.00. The van der Waals surface area contributed by atoms with Crippen molar-refractivity contribution in [3.8, 4) is 0 Å². The van der Waals surface area contributed by atoms with E-state index in [2.05, 4.69) is 9.97 Å². The molecule has 0 aromatic carbocycles. The highest BCUT2D eigenvalue weighted by Gasteiger charge is 2.28. The zero-order chi connectivity index (χ0) is 13.8. The van der Waals surface area contributed by atoms with Crippen LogP contribution in [0, 0.1) is 0 Å². The van der Waals surface area contributed by atoms with Crippen LogP contribution in [-0.2, 0) is 16.4 Å². The molecule has 0 saturated carbocycles. The highest BCUT2D eigenvalue weighted by Crippen LogP contribution is 2.15. The van der Waals surface area contributed by atoms with Gasteiger partial charge in [0.25, 0.3) is 16.4 Å². The molecule has 9 heteroatoms. The van der Waals surface area contributed by atoms with Crippen LogP contribution in [0.1, 0.15) is 12.7 Å². The average molecular weight is 302 g/mol. The average Bonchev–Trinajstić information content (AvgIpc) is 2.77. The van der Waals surface area contributed by atoms with E-state index in [9.17, 15) is 17.2 Å². The first kappa shape index (κ1) is 15.3. The van der Waals surface area contributed by atoms with Crippen molar-refractivity contribution in [2.75, 3.05) is 19.0 Å². The number of aromatic nitrogens is 2. The summed E-state index contributed by atoms with van der Waals surface area (Å²) in [5.74, 6) is 0.428. The molecule has 1 N–H and O–H groups in total. The van der Waals surface area contributed by atoms with Crippen molar-refractivity contribution in [3.63, 3.8) is 0 Å². The van der Waals surface area contributed by atoms with Crippen LogP contribution in [0.25, 0.3) is 0 Å². The van der Waals surface area contributed by atoms with Crippen molar-refractivity contribution < 1.29 is 17.2 Å². The van der Waals surface area contributed by atoms with Gasteiger partial charge in [-0.3, -0.25) is 0 Å². The first-order chi connectivity index (χ1) is 8.41. The summed E-state index contributed by atoms with van der Waals surface area (Å²) in [6.07, 6.45) is -1.10. The molecule has 1 aromatic heterocycles. The quantitative estimate of drug-likeness (QED) is 0.776. The smallest absolute Gasteiger partial charge is 0.260 e. The van der Waals surface area contributed by atoms with E-state index in [1.165, 1.54) is 0 Å². The molecule has 0 bridgehead atoms. The summed E-state index contributed by atoms with van der Waals surface area (Å²) in [5.41, 5.74) is 0. The lowest BCUT2D eigenvalue weighted by molar-refractivity contribution is 0.121. The largest absolute Gasteiger partial charge is 0.332 e. The Balaban J connectivity index is 3.00. The summed E-state index contributed by atoms with van der Waals surface area (Å²) in [7, 11) is -4.00. The van der Waals surface area contributed by atoms with Crippen LogP contribution in [0.15, 0.2) is 11.2 Å². The number of alkyl halides is 3. The third kappa shape index (κ3) is 3.63. The van der Waals surface area contributed by atoms with Crippen molar-refractivity contribution in [3.05, 3.63) is 12.0 Å². The number of hydrogen-bond acceptors (Lipinski definition) is 3. The zero-order valence-corrected chi connectivity index (χ0v) is 11.3. The molecule has 0 aliphatic rings. The normalized spacial score (nSPS) is 12.6. The Bertz CT molecular complexity index is 478. The van der Waals surface area contributed by atoms with E-state index < -0.39 is 23.0 Å². The van der Waals surface area contributed by atoms with Gasteiger partial charge in [0.1, 0.15) is 5.82 Å². The number of nitrogens with one attached hydrogen (secondary N) is 1. The number of aryl methyl sites for hydroxylation is 1. The summed E-state index contributed by atoms with van der Waals surface area (Å²) < 4.78 is 49.5. The lowest BCUT2D eigenvalue weighted by Crippen LogP contribution is -2.36. The summed E-state index contributed by atoms with van der Waals surface area (Å²) in [4.78, 5) is 6.43. The first-order valence-electron chi connectivity index (χ1n) is 5.30. The SMILES string of the molecule is CCc1ncc(S(=O)(=O)N(CCCl)CC(F)F)[nH]1. The molecule has 0 aliphatic carbocycles. The Hall–Kier alpha value is -0.730. The van der Waals surface area contributed by atoms with E-state index in [1.54, 1.807) is 6.92 Å². The highest BCUT2D eigenvalue weighted by atomic mass is 35.5. The predicted molar refractivity (Wildman–Crippen MR) is 63.4 cm³/mol. The molecule has 0 amide bonds. The molecule has 1 aromatic rings. The fourth-order valence-corrected chi connectivity index (χ4v) is 3.01. The minimum Gasteiger partial charge on any atom is -0.332 e. The second-order valence-corrected chi connectivity index (χ2v) is 5.78. The Kier molecular flexibility index (Phi) is 5.48. The monoisotopic (exact) mass is 301 g/mol. The van der Waals surface area contributed by atoms with Gasteiger partial charge >= 0.3 is 0 Å². The Labute approximate surface area is 109 Å². The van der Waals surface area contributed by atoms with E-state index in [1.807, 2.05) is 0 Å². The van der Waals surface area contributed by atoms with Crippen LogP contribution >= 0.6 is 11.6 Å². The maximum atomic E-state index is 12.4. The van der Waals surface area contributed by atoms with Gasteiger partial charge in [0.2, 0.25) is 0 Å². The van der Waals surface area contributed by atoms with Gasteiger partial charge in [-0.05, 0) is 0 Å². The van der Waals surface area contributed by atoms with E-state index in [0.29, 0.717) is 16.6 Å². The van der Waals surface area contributed by atoms with Gasteiger partial charge in [0.15, 0.2) is 5.03 Å². The number of nitrogens with zero attached hydrogens (tertiary/aromatic N) is 2. The lowest BCUT2D eigenvalue weighted by atomic mass is 10.5. The van der Waals surface area contributed by atoms with E-state index in [0.717, 1.165) is 6.20 Å². The maximum Gasteiger partial charge on any atom is 0.260 e. The van der Waals surface area contributed by atoms with Crippen LogP contribution in [-0.4, -0.2) is 48.1 Å². The van der Waals surface area contributed by atoms with Gasteiger partial charge < -0.3 is 4.98 Å². The van der Waals surface area contributed by atoms with Crippen molar-refractivity contribution in [2.45, 2.75) is 24.8 Å². The van der Waals surface area contributed by atoms with Gasteiger partial charge in [0.05, 0.1) is 12.7 Å². The molecule has 0 unspecified atom stereocenters. The summed E-state index contributed by atoms with van der Waals surface area (Å²) >= 11 is 5.43. The highest BCUT2D eigenvalue weighted by molar-refractivity contribution is 7.89. The van der Waals surface area contributed by atoms with Crippen LogP contribution in [0.5, 0.6) is 0 Å². The van der Waals surface area contributed by atoms with Crippen LogP contribution in [0.4, 0.5) is 8.78 Å². The molecular formula is C9H14ClF2N3O2S. The number of H-pyrrole nitrogens is 1. The van der Waals surface area contributed by atoms with Gasteiger partial charge in [-0.15, -0.1) is 11.6 Å². The van der Waals surface area contributed by atoms with Crippen molar-refractivity contribution in [1.82, 2.24) is 14.3 Å². The predicted octanol–water partition coefficient (Wildman–Crippen LogP) is 1.47. The number of rotatable bonds is 7. The third-order valence-electron chi connectivity index (χ3n) is 2.23. The first-order valence-corrected chi connectivity index (χ1v) is 7.27. The van der Waals surface area contributed by atoms with Gasteiger partial charge in [-0.25, -0.2) is 22.2 Å². The molecule has 0 radical (unpaired) electrons. The number of sulfonamides is 1. The van der Waals surface area contributed by atoms with Gasteiger partial charge in [-0.2, -0.15) is 4.31 Å². The van der Waals surface area contributed by atoms with Gasteiger partial charge in [0, 0.05) is 18.8 Å². The molecule has 0 saturated heterocycles. The Morgan fingerprint density at radius 1 is 1.56 bits per heavy atom. The van der Waals surface area contributed by atoms with Crippen LogP contribution in [0.2, 0.25) is 0 Å². The van der Waals surface area contributed by atoms with Crippen LogP contribution < -0.4 is 0 Å². The van der Waals surface area contributed by atoms with Crippen molar-refractivity contribution >= 4 is 21.6 Å². The van der Waals surface area contributed by atoms with Gasteiger partial charge in [-0.1, -0.05) is 6.92 Å². The van der Waals surface area contributed by atoms with E-state index in [-0.39, 0.29) is 17.5 Å². The Morgan fingerprint density at radius 2 is 2.22 bits per heavy atom. The topological polar surface area (TPSA) is 66.1 Å². The molecule has 0 aliphatic heterocycles. The minimum absolute atomic E-state index is 0.0548. The Morgan fingerprint density at radius 3 is 2.67 bits per heavy atom. The fourth-order valence-electron chi connectivity index (χ4n) is 1.35. The molecule has 1 rings (SSSR count). The molecular weight excluding hydrogens is 288 g/mol. The number of aromatic amines is 1. The summed E-state index contributed by atoms with van der Waals surface area (Å²) in [6.45, 7) is 0.745. The fraction of sp³-hybridized carbons (Fsp3) is 0.667. The van der Waals surface area contributed by atoms with Crippen LogP contribution in [0.3, 0.4) is 0 Å². The summed E-state index contributed by atoms with van der Waals surface area (Å²) in [5, 5.41) is -0.190. The lowest BCUT2D eigenvalue weighted by Gasteiger charge is -2.19. The molecule has 0 fully saturated rings. The second kappa shape index (κ2) is 6.44. The molecule has 5 nitrogen and oxygen atoms in total. The standard InChI is InChI=1S/C9H14ClF2N3O2S/c1-2-8-13-5-9(14-8)18(16,17)15(4-3-10)6-7(11)12/h5,7H,2-4,6H2,1H3,(H,13,14). The molecule has 1 heterocycles. The van der Waals surface area contributed by atoms with Crippen molar-refractivity contribution in [1.29, 1.82) is 0 Å². The van der Waals surface area contributed by atoms with E-state index in [4.69, 9.17) is 11.6 Å². The molecule has 0 spiro atoms. The second-order valence-electron chi connectivity index (χ2n) is 3.49. The third-order valence-corrected chi connectivity index (χ3v) is 4.18. The number of halogens is 3. The zero-order valence-electron chi connectivity index (χ0n) is 9.74.